The molecule has 1 aliphatic rings. The van der Waals surface area contributed by atoms with Crippen molar-refractivity contribution in [3.8, 4) is 0 Å². The first-order valence-electron chi connectivity index (χ1n) is 7.64. The molecule has 2 N–H and O–H groups in total. The number of hydrogen-bond acceptors (Lipinski definition) is 2. The Morgan fingerprint density at radius 2 is 1.74 bits per heavy atom. The summed E-state index contributed by atoms with van der Waals surface area (Å²) in [5, 5.41) is 6.95. The van der Waals surface area contributed by atoms with Crippen LogP contribution in [-0.4, -0.2) is 12.6 Å². The van der Waals surface area contributed by atoms with Crippen LogP contribution in [-0.2, 0) is 0 Å². The molecule has 2 heteroatoms. The van der Waals surface area contributed by atoms with Crippen molar-refractivity contribution in [2.24, 2.45) is 11.3 Å². The van der Waals surface area contributed by atoms with Gasteiger partial charge in [0.1, 0.15) is 0 Å². The standard InChI is InChI=1S/C17H32N2/c1-13(2)16(15-10-8-7-9-11-15)19-14(3)18-12-17(4,5)6/h15-16,18-19H,1,3,7-12H2,2,4-6H3. The van der Waals surface area contributed by atoms with E-state index in [1.807, 2.05) is 0 Å². The van der Waals surface area contributed by atoms with Crippen LogP contribution in [0.25, 0.3) is 0 Å². The third kappa shape index (κ3) is 6.17. The fourth-order valence-electron chi connectivity index (χ4n) is 2.72. The maximum absolute atomic E-state index is 4.16. The van der Waals surface area contributed by atoms with Crippen LogP contribution >= 0.6 is 0 Å². The first-order chi connectivity index (χ1) is 8.79. The molecule has 0 saturated heterocycles. The monoisotopic (exact) mass is 264 g/mol. The van der Waals surface area contributed by atoms with Gasteiger partial charge in [-0.05, 0) is 31.1 Å². The van der Waals surface area contributed by atoms with Gasteiger partial charge in [-0.1, -0.05) is 58.8 Å². The topological polar surface area (TPSA) is 24.1 Å². The van der Waals surface area contributed by atoms with E-state index in [1.165, 1.54) is 37.7 Å². The lowest BCUT2D eigenvalue weighted by molar-refractivity contribution is 0.297. The van der Waals surface area contributed by atoms with Crippen LogP contribution in [0.15, 0.2) is 24.6 Å². The Labute approximate surface area is 119 Å². The van der Waals surface area contributed by atoms with Crippen molar-refractivity contribution >= 4 is 0 Å². The molecule has 0 aromatic heterocycles. The molecule has 0 aromatic rings. The summed E-state index contributed by atoms with van der Waals surface area (Å²) in [5.41, 5.74) is 1.50. The minimum atomic E-state index is 0.272. The van der Waals surface area contributed by atoms with E-state index in [0.717, 1.165) is 18.3 Å². The number of nitrogens with one attached hydrogen (secondary N) is 2. The summed E-state index contributed by atoms with van der Waals surface area (Å²) in [5.74, 6) is 1.66. The Morgan fingerprint density at radius 1 is 1.16 bits per heavy atom. The lowest BCUT2D eigenvalue weighted by Crippen LogP contribution is -2.42. The van der Waals surface area contributed by atoms with Crippen molar-refractivity contribution in [1.29, 1.82) is 0 Å². The van der Waals surface area contributed by atoms with Gasteiger partial charge < -0.3 is 10.6 Å². The zero-order chi connectivity index (χ0) is 14.5. The van der Waals surface area contributed by atoms with Crippen molar-refractivity contribution < 1.29 is 0 Å². The largest absolute Gasteiger partial charge is 0.372 e. The first kappa shape index (κ1) is 16.1. The highest BCUT2D eigenvalue weighted by atomic mass is 15.1. The van der Waals surface area contributed by atoms with E-state index in [4.69, 9.17) is 0 Å². The van der Waals surface area contributed by atoms with Crippen LogP contribution in [0.5, 0.6) is 0 Å². The van der Waals surface area contributed by atoms with Crippen molar-refractivity contribution in [2.75, 3.05) is 6.54 Å². The van der Waals surface area contributed by atoms with E-state index in [-0.39, 0.29) is 5.41 Å². The Hall–Kier alpha value is -0.920. The molecule has 2 nitrogen and oxygen atoms in total. The maximum Gasteiger partial charge on any atom is 0.0917 e. The summed E-state index contributed by atoms with van der Waals surface area (Å²) < 4.78 is 0. The van der Waals surface area contributed by atoms with Gasteiger partial charge in [-0.25, -0.2) is 0 Å². The molecule has 19 heavy (non-hydrogen) atoms. The average Bonchev–Trinajstić information content (AvgIpc) is 2.33. The highest BCUT2D eigenvalue weighted by Crippen LogP contribution is 2.29. The minimum Gasteiger partial charge on any atom is -0.372 e. The molecule has 0 spiro atoms. The van der Waals surface area contributed by atoms with E-state index in [0.29, 0.717) is 6.04 Å². The van der Waals surface area contributed by atoms with Crippen LogP contribution in [0.2, 0.25) is 0 Å². The minimum absolute atomic E-state index is 0.272. The van der Waals surface area contributed by atoms with Crippen molar-refractivity contribution in [3.05, 3.63) is 24.6 Å². The van der Waals surface area contributed by atoms with Gasteiger partial charge in [-0.2, -0.15) is 0 Å². The second-order valence-corrected chi connectivity index (χ2v) is 7.26. The van der Waals surface area contributed by atoms with E-state index in [9.17, 15) is 0 Å². The molecule has 1 rings (SSSR count). The average molecular weight is 264 g/mol. The lowest BCUT2D eigenvalue weighted by atomic mass is 9.81. The van der Waals surface area contributed by atoms with E-state index in [2.05, 4.69) is 51.5 Å². The van der Waals surface area contributed by atoms with Gasteiger partial charge in [-0.3, -0.25) is 0 Å². The molecule has 110 valence electrons. The second-order valence-electron chi connectivity index (χ2n) is 7.26. The molecular weight excluding hydrogens is 232 g/mol. The second kappa shape index (κ2) is 7.02. The van der Waals surface area contributed by atoms with Gasteiger partial charge in [-0.15, -0.1) is 0 Å². The third-order valence-corrected chi connectivity index (χ3v) is 3.81. The molecule has 0 aliphatic heterocycles. The third-order valence-electron chi connectivity index (χ3n) is 3.81. The zero-order valence-corrected chi connectivity index (χ0v) is 13.3. The summed E-state index contributed by atoms with van der Waals surface area (Å²) in [6.07, 6.45) is 6.74. The summed E-state index contributed by atoms with van der Waals surface area (Å²) >= 11 is 0. The molecule has 0 radical (unpaired) electrons. The predicted octanol–water partition coefficient (Wildman–Crippen LogP) is 4.21. The molecule has 1 unspecified atom stereocenters. The van der Waals surface area contributed by atoms with Crippen LogP contribution in [0.3, 0.4) is 0 Å². The smallest absolute Gasteiger partial charge is 0.0917 e. The molecule has 1 saturated carbocycles. The normalized spacial score (nSPS) is 18.7. The van der Waals surface area contributed by atoms with E-state index < -0.39 is 0 Å². The summed E-state index contributed by atoms with van der Waals surface area (Å²) in [7, 11) is 0. The highest BCUT2D eigenvalue weighted by molar-refractivity contribution is 5.09. The van der Waals surface area contributed by atoms with Gasteiger partial charge in [0.25, 0.3) is 0 Å². The van der Waals surface area contributed by atoms with Crippen molar-refractivity contribution in [2.45, 2.75) is 65.8 Å². The molecule has 1 atom stereocenters. The Kier molecular flexibility index (Phi) is 5.96. The van der Waals surface area contributed by atoms with Crippen LogP contribution < -0.4 is 10.6 Å². The van der Waals surface area contributed by atoms with Crippen molar-refractivity contribution in [3.63, 3.8) is 0 Å². The molecule has 0 amide bonds. The SMILES string of the molecule is C=C(NCC(C)(C)C)NC(C(=C)C)C1CCCCC1. The van der Waals surface area contributed by atoms with Gasteiger partial charge in [0.05, 0.1) is 11.9 Å². The number of hydrogen-bond donors (Lipinski definition) is 2. The van der Waals surface area contributed by atoms with Gasteiger partial charge >= 0.3 is 0 Å². The quantitative estimate of drug-likeness (QED) is 0.702. The zero-order valence-electron chi connectivity index (χ0n) is 13.3. The highest BCUT2D eigenvalue weighted by Gasteiger charge is 2.24. The molecule has 0 heterocycles. The summed E-state index contributed by atoms with van der Waals surface area (Å²) in [6.45, 7) is 18.0. The van der Waals surface area contributed by atoms with Gasteiger partial charge in [0, 0.05) is 6.54 Å². The van der Waals surface area contributed by atoms with Gasteiger partial charge in [0.2, 0.25) is 0 Å². The van der Waals surface area contributed by atoms with Crippen LogP contribution in [0.4, 0.5) is 0 Å². The molecule has 1 fully saturated rings. The molecule has 0 aromatic carbocycles. The Morgan fingerprint density at radius 3 is 2.21 bits per heavy atom. The van der Waals surface area contributed by atoms with E-state index in [1.54, 1.807) is 0 Å². The maximum atomic E-state index is 4.16. The van der Waals surface area contributed by atoms with Crippen LogP contribution in [0, 0.1) is 11.3 Å². The van der Waals surface area contributed by atoms with Gasteiger partial charge in [0.15, 0.2) is 0 Å². The fourth-order valence-corrected chi connectivity index (χ4v) is 2.72. The molecule has 0 bridgehead atoms. The predicted molar refractivity (Wildman–Crippen MR) is 84.9 cm³/mol. The first-order valence-corrected chi connectivity index (χ1v) is 7.64. The van der Waals surface area contributed by atoms with Crippen molar-refractivity contribution in [1.82, 2.24) is 10.6 Å². The summed E-state index contributed by atoms with van der Waals surface area (Å²) in [4.78, 5) is 0. The fraction of sp³-hybridized carbons (Fsp3) is 0.765. The number of rotatable bonds is 6. The Balaban J connectivity index is 2.48. The molecule has 1 aliphatic carbocycles. The lowest BCUT2D eigenvalue weighted by Gasteiger charge is -2.33. The van der Waals surface area contributed by atoms with Crippen LogP contribution in [0.1, 0.15) is 59.8 Å². The Bertz CT molecular complexity index is 306. The molecular formula is C17H32N2. The summed E-state index contributed by atoms with van der Waals surface area (Å²) in [6, 6.07) is 0.375. The van der Waals surface area contributed by atoms with E-state index >= 15 is 0 Å².